The summed E-state index contributed by atoms with van der Waals surface area (Å²) in [7, 11) is 0. The lowest BCUT2D eigenvalue weighted by atomic mass is 10.1. The van der Waals surface area contributed by atoms with E-state index in [-0.39, 0.29) is 12.5 Å². The van der Waals surface area contributed by atoms with Crippen LogP contribution in [0.15, 0.2) is 35.7 Å². The second-order valence-corrected chi connectivity index (χ2v) is 8.22. The van der Waals surface area contributed by atoms with Crippen molar-refractivity contribution in [2.24, 2.45) is 0 Å². The molecular weight excluding hydrogens is 414 g/mol. The summed E-state index contributed by atoms with van der Waals surface area (Å²) in [6.45, 7) is 6.16. The Kier molecular flexibility index (Phi) is 8.53. The summed E-state index contributed by atoms with van der Waals surface area (Å²) in [4.78, 5) is 27.5. The van der Waals surface area contributed by atoms with Crippen LogP contribution in [0.3, 0.4) is 0 Å². The molecule has 1 aliphatic heterocycles. The number of fused-ring (bicyclic) bond motifs is 1. The molecule has 2 aromatic rings. The zero-order valence-corrected chi connectivity index (χ0v) is 18.9. The number of unbranched alkanes of at least 4 members (excludes halogenated alkanes) is 1. The van der Waals surface area contributed by atoms with E-state index < -0.39 is 5.97 Å². The van der Waals surface area contributed by atoms with Crippen molar-refractivity contribution in [3.63, 3.8) is 0 Å². The second kappa shape index (κ2) is 11.6. The number of nitrogens with zero attached hydrogens (tertiary/aromatic N) is 1. The first-order valence-corrected chi connectivity index (χ1v) is 11.6. The van der Waals surface area contributed by atoms with Crippen LogP contribution in [0.2, 0.25) is 0 Å². The molecule has 0 radical (unpaired) electrons. The van der Waals surface area contributed by atoms with E-state index in [1.807, 2.05) is 36.6 Å². The number of carbonyl (C=O) groups excluding carboxylic acids is 2. The van der Waals surface area contributed by atoms with Crippen molar-refractivity contribution in [2.45, 2.75) is 39.7 Å². The standard InChI is InChI=1S/C24H29NO5S/c1-3-5-13-29-20-8-6-18(15-21(20)28-4-2)7-9-24(27)30-17-23(26)25-12-10-22-19(16-25)11-14-31-22/h6-9,11,14-15H,3-5,10,12-13,16-17H2,1-2H3/b9-7+. The smallest absolute Gasteiger partial charge is 0.331 e. The minimum atomic E-state index is -0.553. The number of thiophene rings is 1. The molecule has 0 aliphatic carbocycles. The summed E-state index contributed by atoms with van der Waals surface area (Å²) in [6, 6.07) is 7.56. The molecule has 1 aromatic heterocycles. The average molecular weight is 444 g/mol. The predicted molar refractivity (Wildman–Crippen MR) is 121 cm³/mol. The summed E-state index contributed by atoms with van der Waals surface area (Å²) in [5, 5.41) is 2.05. The number of amides is 1. The predicted octanol–water partition coefficient (Wildman–Crippen LogP) is 4.47. The molecule has 0 unspecified atom stereocenters. The molecule has 6 nitrogen and oxygen atoms in total. The largest absolute Gasteiger partial charge is 0.490 e. The van der Waals surface area contributed by atoms with Crippen molar-refractivity contribution >= 4 is 29.3 Å². The average Bonchev–Trinajstić information content (AvgIpc) is 3.25. The highest BCUT2D eigenvalue weighted by atomic mass is 32.1. The first-order valence-electron chi connectivity index (χ1n) is 10.7. The van der Waals surface area contributed by atoms with Crippen molar-refractivity contribution in [1.82, 2.24) is 4.90 Å². The van der Waals surface area contributed by atoms with Gasteiger partial charge in [-0.05, 0) is 60.5 Å². The van der Waals surface area contributed by atoms with Crippen LogP contribution in [0, 0.1) is 0 Å². The van der Waals surface area contributed by atoms with Crippen molar-refractivity contribution in [3.05, 3.63) is 51.7 Å². The van der Waals surface area contributed by atoms with Gasteiger partial charge < -0.3 is 19.1 Å². The van der Waals surface area contributed by atoms with E-state index in [1.165, 1.54) is 16.5 Å². The molecule has 0 N–H and O–H groups in total. The fraction of sp³-hybridized carbons (Fsp3) is 0.417. The molecule has 0 saturated heterocycles. The third-order valence-electron chi connectivity index (χ3n) is 4.93. The maximum absolute atomic E-state index is 12.4. The van der Waals surface area contributed by atoms with Gasteiger partial charge in [0, 0.05) is 24.0 Å². The Labute approximate surface area is 187 Å². The number of hydrogen-bond acceptors (Lipinski definition) is 6. The number of ether oxygens (including phenoxy) is 3. The highest BCUT2D eigenvalue weighted by Gasteiger charge is 2.22. The highest BCUT2D eigenvalue weighted by molar-refractivity contribution is 7.10. The van der Waals surface area contributed by atoms with E-state index in [0.29, 0.717) is 37.8 Å². The van der Waals surface area contributed by atoms with Gasteiger partial charge in [-0.2, -0.15) is 0 Å². The first-order chi connectivity index (χ1) is 15.1. The fourth-order valence-electron chi connectivity index (χ4n) is 3.24. The van der Waals surface area contributed by atoms with Crippen LogP contribution < -0.4 is 9.47 Å². The monoisotopic (exact) mass is 443 g/mol. The number of rotatable bonds is 10. The minimum Gasteiger partial charge on any atom is -0.490 e. The zero-order chi connectivity index (χ0) is 22.1. The molecule has 0 fully saturated rings. The first kappa shape index (κ1) is 22.9. The van der Waals surface area contributed by atoms with Gasteiger partial charge in [0.25, 0.3) is 5.91 Å². The Morgan fingerprint density at radius 1 is 1.16 bits per heavy atom. The Morgan fingerprint density at radius 3 is 2.84 bits per heavy atom. The highest BCUT2D eigenvalue weighted by Crippen LogP contribution is 2.29. The Balaban J connectivity index is 1.51. The van der Waals surface area contributed by atoms with Crippen molar-refractivity contribution < 1.29 is 23.8 Å². The van der Waals surface area contributed by atoms with E-state index in [2.05, 4.69) is 6.92 Å². The SMILES string of the molecule is CCCCOc1ccc(/C=C/C(=O)OCC(=O)N2CCc3sccc3C2)cc1OCC. The van der Waals surface area contributed by atoms with E-state index in [1.54, 1.807) is 22.3 Å². The molecular formula is C24H29NO5S. The second-order valence-electron chi connectivity index (χ2n) is 7.22. The van der Waals surface area contributed by atoms with E-state index >= 15 is 0 Å². The summed E-state index contributed by atoms with van der Waals surface area (Å²) in [5.41, 5.74) is 1.97. The molecule has 2 heterocycles. The van der Waals surface area contributed by atoms with E-state index in [9.17, 15) is 9.59 Å². The molecule has 0 bridgehead atoms. The van der Waals surface area contributed by atoms with Gasteiger partial charge in [0.2, 0.25) is 0 Å². The number of benzene rings is 1. The Bertz CT molecular complexity index is 920. The quantitative estimate of drug-likeness (QED) is 0.308. The third-order valence-corrected chi connectivity index (χ3v) is 5.96. The van der Waals surface area contributed by atoms with Crippen LogP contribution >= 0.6 is 11.3 Å². The van der Waals surface area contributed by atoms with E-state index in [4.69, 9.17) is 14.2 Å². The fourth-order valence-corrected chi connectivity index (χ4v) is 4.13. The maximum atomic E-state index is 12.4. The Hall–Kier alpha value is -2.80. The van der Waals surface area contributed by atoms with Crippen molar-refractivity contribution in [1.29, 1.82) is 0 Å². The lowest BCUT2D eigenvalue weighted by Gasteiger charge is -2.26. The van der Waals surface area contributed by atoms with Gasteiger partial charge >= 0.3 is 5.97 Å². The maximum Gasteiger partial charge on any atom is 0.331 e. The summed E-state index contributed by atoms with van der Waals surface area (Å²) in [6.07, 6.45) is 5.85. The molecule has 31 heavy (non-hydrogen) atoms. The van der Waals surface area contributed by atoms with Crippen LogP contribution in [0.1, 0.15) is 42.7 Å². The molecule has 3 rings (SSSR count). The molecule has 1 aromatic carbocycles. The number of hydrogen-bond donors (Lipinski definition) is 0. The van der Waals surface area contributed by atoms with Gasteiger partial charge in [0.05, 0.1) is 13.2 Å². The van der Waals surface area contributed by atoms with Crippen LogP contribution in [0.4, 0.5) is 0 Å². The van der Waals surface area contributed by atoms with Gasteiger partial charge in [-0.15, -0.1) is 11.3 Å². The lowest BCUT2D eigenvalue weighted by molar-refractivity contribution is -0.148. The van der Waals surface area contributed by atoms with Gasteiger partial charge in [-0.3, -0.25) is 4.79 Å². The van der Waals surface area contributed by atoms with Crippen molar-refractivity contribution in [2.75, 3.05) is 26.4 Å². The van der Waals surface area contributed by atoms with E-state index in [0.717, 1.165) is 24.8 Å². The van der Waals surface area contributed by atoms with Crippen LogP contribution in [0.25, 0.3) is 6.08 Å². The van der Waals surface area contributed by atoms with Crippen LogP contribution in [-0.4, -0.2) is 43.1 Å². The normalized spacial score (nSPS) is 13.2. The molecule has 0 atom stereocenters. The topological polar surface area (TPSA) is 65.1 Å². The van der Waals surface area contributed by atoms with Crippen molar-refractivity contribution in [3.8, 4) is 11.5 Å². The molecule has 0 spiro atoms. The molecule has 0 saturated carbocycles. The van der Waals surface area contributed by atoms with Gasteiger partial charge in [0.15, 0.2) is 18.1 Å². The molecule has 1 amide bonds. The Morgan fingerprint density at radius 2 is 2.03 bits per heavy atom. The van der Waals surface area contributed by atoms with Gasteiger partial charge in [0.1, 0.15) is 0 Å². The summed E-state index contributed by atoms with van der Waals surface area (Å²) < 4.78 is 16.6. The molecule has 1 aliphatic rings. The summed E-state index contributed by atoms with van der Waals surface area (Å²) in [5.74, 6) is 0.603. The summed E-state index contributed by atoms with van der Waals surface area (Å²) >= 11 is 1.72. The lowest BCUT2D eigenvalue weighted by Crippen LogP contribution is -2.38. The zero-order valence-electron chi connectivity index (χ0n) is 18.1. The third kappa shape index (κ3) is 6.59. The molecule has 7 heteroatoms. The van der Waals surface area contributed by atoms with Crippen LogP contribution in [0.5, 0.6) is 11.5 Å². The van der Waals surface area contributed by atoms with Gasteiger partial charge in [-0.25, -0.2) is 4.79 Å². The van der Waals surface area contributed by atoms with Crippen LogP contribution in [-0.2, 0) is 27.3 Å². The van der Waals surface area contributed by atoms with Gasteiger partial charge in [-0.1, -0.05) is 19.4 Å². The minimum absolute atomic E-state index is 0.175. The number of carbonyl (C=O) groups is 2. The molecule has 166 valence electrons. The number of esters is 1.